The van der Waals surface area contributed by atoms with Gasteiger partial charge in [-0.25, -0.2) is 0 Å². The summed E-state index contributed by atoms with van der Waals surface area (Å²) in [5.41, 5.74) is -3.32. The monoisotopic (exact) mass is 470 g/mol. The summed E-state index contributed by atoms with van der Waals surface area (Å²) in [4.78, 5) is 0. The van der Waals surface area contributed by atoms with Gasteiger partial charge in [-0.05, 0) is 46.9 Å². The zero-order valence-electron chi connectivity index (χ0n) is 20.4. The molecular weight excluding hydrogens is 432 g/mol. The van der Waals surface area contributed by atoms with E-state index in [1.54, 1.807) is 24.3 Å². The first-order valence-electron chi connectivity index (χ1n) is 12.4. The molecule has 186 valence electrons. The Bertz CT molecular complexity index is 1000. The average molecular weight is 471 g/mol. The number of benzene rings is 2. The molecule has 0 bridgehead atoms. The lowest BCUT2D eigenvalue weighted by atomic mass is 9.30. The van der Waals surface area contributed by atoms with Crippen LogP contribution in [0.1, 0.15) is 86.5 Å². The van der Waals surface area contributed by atoms with E-state index in [0.717, 1.165) is 24.0 Å². The van der Waals surface area contributed by atoms with E-state index in [0.29, 0.717) is 23.0 Å². The fraction of sp³-hybridized carbons (Fsp3) is 0.571. The van der Waals surface area contributed by atoms with Crippen LogP contribution in [0.15, 0.2) is 48.5 Å². The Kier molecular flexibility index (Phi) is 6.47. The lowest BCUT2D eigenvalue weighted by Gasteiger charge is -2.80. The Balaban J connectivity index is 1.74. The normalized spacial score (nSPS) is 37.2. The number of aliphatic hydroxyl groups is 6. The maximum absolute atomic E-state index is 11.7. The average Bonchev–Trinajstić information content (AvgIpc) is 2.87. The van der Waals surface area contributed by atoms with Crippen LogP contribution in [0.25, 0.3) is 0 Å². The van der Waals surface area contributed by atoms with Gasteiger partial charge in [0.05, 0.1) is 18.6 Å². The van der Waals surface area contributed by atoms with Gasteiger partial charge in [0.25, 0.3) is 0 Å². The zero-order valence-corrected chi connectivity index (χ0v) is 20.4. The largest absolute Gasteiger partial charge is 0.394 e. The predicted molar refractivity (Wildman–Crippen MR) is 130 cm³/mol. The van der Waals surface area contributed by atoms with Gasteiger partial charge in [-0.1, -0.05) is 76.2 Å². The van der Waals surface area contributed by atoms with Crippen LogP contribution in [0.4, 0.5) is 0 Å². The highest BCUT2D eigenvalue weighted by atomic mass is 16.5. The van der Waals surface area contributed by atoms with Crippen molar-refractivity contribution in [1.82, 2.24) is 0 Å². The topological polar surface area (TPSA) is 121 Å². The van der Waals surface area contributed by atoms with E-state index in [4.69, 9.17) is 0 Å². The Hall–Kier alpha value is -1.80. The maximum Gasteiger partial charge on any atom is 0.138 e. The van der Waals surface area contributed by atoms with Crippen molar-refractivity contribution in [3.63, 3.8) is 0 Å². The second-order valence-electron chi connectivity index (χ2n) is 10.4. The highest BCUT2D eigenvalue weighted by Crippen LogP contribution is 2.75. The number of rotatable bonds is 8. The van der Waals surface area contributed by atoms with Crippen LogP contribution in [-0.4, -0.2) is 66.3 Å². The highest BCUT2D eigenvalue weighted by molar-refractivity contribution is 5.56. The summed E-state index contributed by atoms with van der Waals surface area (Å²) in [6, 6.07) is 14.7. The SMILES string of the molecule is CCC(C)c1ccc(C2C(O)[C@@]3(O)C(c4ccc(C(C)CC)cc4)[C@@](O)([C@H](O)CO)[C@@]23O)cc1. The smallest absolute Gasteiger partial charge is 0.138 e. The molecule has 2 aromatic rings. The molecule has 0 aromatic heterocycles. The standard InChI is InChI=1S/C28H38O6/c1-5-16(3)18-7-11-20(12-8-18)23-25(31)27(33)24(26(32,22(30)15-29)28(23,27)34)21-13-9-19(10-14-21)17(4)6-2/h7-14,16-17,22-25,29-34H,5-6,15H2,1-4H3/t16?,17?,22-,23?,24?,25?,26+,27+,28+/m1/s1. The minimum absolute atomic E-state index is 0.328. The molecule has 34 heavy (non-hydrogen) atoms. The lowest BCUT2D eigenvalue weighted by molar-refractivity contribution is -0.459. The van der Waals surface area contributed by atoms with Crippen molar-refractivity contribution in [1.29, 1.82) is 0 Å². The first-order chi connectivity index (χ1) is 16.0. The van der Waals surface area contributed by atoms with Crippen molar-refractivity contribution < 1.29 is 30.6 Å². The van der Waals surface area contributed by atoms with Crippen LogP contribution < -0.4 is 0 Å². The molecule has 2 aliphatic carbocycles. The highest BCUT2D eigenvalue weighted by Gasteiger charge is 2.93. The van der Waals surface area contributed by atoms with E-state index in [1.807, 2.05) is 24.3 Å². The first-order valence-corrected chi connectivity index (χ1v) is 12.4. The molecule has 0 radical (unpaired) electrons. The molecule has 0 amide bonds. The van der Waals surface area contributed by atoms with Gasteiger partial charge in [0, 0.05) is 5.92 Å². The number of aliphatic hydroxyl groups excluding tert-OH is 3. The molecule has 6 heteroatoms. The minimum atomic E-state index is -2.26. The third-order valence-corrected chi connectivity index (χ3v) is 8.93. The number of hydrogen-bond acceptors (Lipinski definition) is 6. The number of hydrogen-bond donors (Lipinski definition) is 6. The first kappa shape index (κ1) is 25.3. The summed E-state index contributed by atoms with van der Waals surface area (Å²) in [5.74, 6) is -1.52. The molecule has 6 N–H and O–H groups in total. The fourth-order valence-corrected chi connectivity index (χ4v) is 6.34. The predicted octanol–water partition coefficient (Wildman–Crippen LogP) is 2.52. The molecule has 5 unspecified atom stereocenters. The van der Waals surface area contributed by atoms with Crippen molar-refractivity contribution in [2.45, 2.75) is 93.2 Å². The molecule has 2 aliphatic rings. The second-order valence-corrected chi connectivity index (χ2v) is 10.4. The van der Waals surface area contributed by atoms with Gasteiger partial charge < -0.3 is 30.6 Å². The molecule has 0 spiro atoms. The summed E-state index contributed by atoms with van der Waals surface area (Å²) in [7, 11) is 0. The quantitative estimate of drug-likeness (QED) is 0.353. The van der Waals surface area contributed by atoms with Crippen LogP contribution in [0, 0.1) is 0 Å². The van der Waals surface area contributed by atoms with Crippen molar-refractivity contribution in [2.75, 3.05) is 6.61 Å². The van der Waals surface area contributed by atoms with E-state index in [2.05, 4.69) is 27.7 Å². The van der Waals surface area contributed by atoms with Gasteiger partial charge in [0.15, 0.2) is 0 Å². The lowest BCUT2D eigenvalue weighted by Crippen LogP contribution is -2.99. The molecular formula is C28H38O6. The van der Waals surface area contributed by atoms with Crippen molar-refractivity contribution in [2.24, 2.45) is 0 Å². The molecule has 2 fully saturated rings. The minimum Gasteiger partial charge on any atom is -0.394 e. The third-order valence-electron chi connectivity index (χ3n) is 8.93. The summed E-state index contributed by atoms with van der Waals surface area (Å²) in [6.45, 7) is 7.59. The van der Waals surface area contributed by atoms with E-state index in [-0.39, 0.29) is 0 Å². The van der Waals surface area contributed by atoms with E-state index < -0.39 is 47.5 Å². The molecule has 4 rings (SSSR count). The molecule has 9 atom stereocenters. The van der Waals surface area contributed by atoms with Gasteiger partial charge in [-0.15, -0.1) is 0 Å². The molecule has 6 nitrogen and oxygen atoms in total. The van der Waals surface area contributed by atoms with Crippen molar-refractivity contribution >= 4 is 0 Å². The second kappa shape index (κ2) is 8.70. The van der Waals surface area contributed by atoms with E-state index >= 15 is 0 Å². The van der Waals surface area contributed by atoms with Crippen molar-refractivity contribution in [3.05, 3.63) is 70.8 Å². The molecule has 2 aromatic carbocycles. The van der Waals surface area contributed by atoms with Crippen LogP contribution in [-0.2, 0) is 0 Å². The van der Waals surface area contributed by atoms with Crippen molar-refractivity contribution in [3.8, 4) is 0 Å². The number of fused-ring (bicyclic) bond motifs is 1. The Morgan fingerprint density at radius 3 is 1.65 bits per heavy atom. The van der Waals surface area contributed by atoms with Gasteiger partial charge in [-0.2, -0.15) is 0 Å². The summed E-state index contributed by atoms with van der Waals surface area (Å²) < 4.78 is 0. The molecule has 2 saturated carbocycles. The summed E-state index contributed by atoms with van der Waals surface area (Å²) in [6.07, 6.45) is -1.16. The molecule has 0 aliphatic heterocycles. The van der Waals surface area contributed by atoms with Crippen LogP contribution in [0.3, 0.4) is 0 Å². The maximum atomic E-state index is 11.7. The van der Waals surface area contributed by atoms with E-state index in [9.17, 15) is 30.6 Å². The van der Waals surface area contributed by atoms with Crippen LogP contribution >= 0.6 is 0 Å². The Morgan fingerprint density at radius 1 is 0.794 bits per heavy atom. The van der Waals surface area contributed by atoms with Gasteiger partial charge in [0.2, 0.25) is 0 Å². The Morgan fingerprint density at radius 2 is 1.24 bits per heavy atom. The van der Waals surface area contributed by atoms with Crippen LogP contribution in [0.5, 0.6) is 0 Å². The Labute approximate surface area is 201 Å². The van der Waals surface area contributed by atoms with Gasteiger partial charge >= 0.3 is 0 Å². The van der Waals surface area contributed by atoms with Crippen LogP contribution in [0.2, 0.25) is 0 Å². The molecule has 0 saturated heterocycles. The van der Waals surface area contributed by atoms with E-state index in [1.165, 1.54) is 0 Å². The zero-order chi connectivity index (χ0) is 25.1. The third kappa shape index (κ3) is 3.03. The van der Waals surface area contributed by atoms with Gasteiger partial charge in [0.1, 0.15) is 22.9 Å². The summed E-state index contributed by atoms with van der Waals surface area (Å²) in [5, 5.41) is 66.6. The summed E-state index contributed by atoms with van der Waals surface area (Å²) >= 11 is 0. The molecule has 0 heterocycles. The fourth-order valence-electron chi connectivity index (χ4n) is 6.34. The van der Waals surface area contributed by atoms with Gasteiger partial charge in [-0.3, -0.25) is 0 Å².